The number of thiophene rings is 1. The van der Waals surface area contributed by atoms with Crippen LogP contribution in [0.5, 0.6) is 0 Å². The van der Waals surface area contributed by atoms with Crippen molar-refractivity contribution in [1.82, 2.24) is 20.4 Å². The number of hydrogen-bond donors (Lipinski definition) is 0. The minimum Gasteiger partial charge on any atom is -0.378 e. The third-order valence-electron chi connectivity index (χ3n) is 6.88. The lowest BCUT2D eigenvalue weighted by molar-refractivity contribution is -0.0396. The molecule has 2 aliphatic heterocycles. The van der Waals surface area contributed by atoms with Crippen molar-refractivity contribution in [3.63, 3.8) is 0 Å². The van der Waals surface area contributed by atoms with Gasteiger partial charge in [-0.05, 0) is 37.5 Å². The molecule has 8 nitrogen and oxygen atoms in total. The summed E-state index contributed by atoms with van der Waals surface area (Å²) in [6, 6.07) is 0. The van der Waals surface area contributed by atoms with Gasteiger partial charge in [0.15, 0.2) is 5.82 Å². The summed E-state index contributed by atoms with van der Waals surface area (Å²) < 4.78 is 13.0. The molecule has 0 atom stereocenters. The van der Waals surface area contributed by atoms with Gasteiger partial charge in [-0.2, -0.15) is 0 Å². The first kappa shape index (κ1) is 23.6. The highest BCUT2D eigenvalue weighted by molar-refractivity contribution is 7.26. The molecule has 1 fully saturated rings. The van der Waals surface area contributed by atoms with E-state index < -0.39 is 0 Å². The standard InChI is InChI=1S/C25H36N6O2S/c1-5-7-9-30(10-8-6-2)23-21-20(27-29-28-23)19-17-15-25(3,4)33-16-18(17)22(26-24(19)34-21)31-11-13-32-14-12-31/h5-16H2,1-4H3. The van der Waals surface area contributed by atoms with E-state index in [0.717, 1.165) is 104 Å². The van der Waals surface area contributed by atoms with Crippen LogP contribution >= 0.6 is 11.3 Å². The van der Waals surface area contributed by atoms with Crippen LogP contribution in [-0.4, -0.2) is 65.4 Å². The van der Waals surface area contributed by atoms with Crippen LogP contribution in [0.4, 0.5) is 11.6 Å². The van der Waals surface area contributed by atoms with Crippen LogP contribution in [0.25, 0.3) is 20.4 Å². The Balaban J connectivity index is 1.70. The van der Waals surface area contributed by atoms with E-state index in [1.54, 1.807) is 11.3 Å². The van der Waals surface area contributed by atoms with Crippen molar-refractivity contribution in [3.05, 3.63) is 11.1 Å². The molecular formula is C25H36N6O2S. The molecule has 5 heterocycles. The molecule has 184 valence electrons. The number of ether oxygens (including phenoxy) is 2. The van der Waals surface area contributed by atoms with Crippen molar-refractivity contribution >= 4 is 43.4 Å². The molecule has 0 radical (unpaired) electrons. The fourth-order valence-electron chi connectivity index (χ4n) is 4.97. The molecule has 0 aliphatic carbocycles. The predicted octanol–water partition coefficient (Wildman–Crippen LogP) is 4.73. The SMILES string of the molecule is CCCCN(CCCC)c1nnnc2c1sc1nc(N3CCOCC3)c3c(c12)CC(C)(C)OC3. The zero-order chi connectivity index (χ0) is 23.7. The maximum absolute atomic E-state index is 6.26. The summed E-state index contributed by atoms with van der Waals surface area (Å²) in [6.45, 7) is 14.5. The number of rotatable bonds is 8. The summed E-state index contributed by atoms with van der Waals surface area (Å²) in [7, 11) is 0. The molecule has 0 aromatic carbocycles. The molecular weight excluding hydrogens is 448 g/mol. The maximum atomic E-state index is 6.26. The van der Waals surface area contributed by atoms with Gasteiger partial charge in [-0.3, -0.25) is 0 Å². The Morgan fingerprint density at radius 1 is 1.03 bits per heavy atom. The van der Waals surface area contributed by atoms with Gasteiger partial charge in [0, 0.05) is 43.5 Å². The highest BCUT2D eigenvalue weighted by Crippen LogP contribution is 2.44. The summed E-state index contributed by atoms with van der Waals surface area (Å²) in [4.78, 5) is 11.0. The van der Waals surface area contributed by atoms with E-state index >= 15 is 0 Å². The molecule has 0 unspecified atom stereocenters. The van der Waals surface area contributed by atoms with Gasteiger partial charge in [-0.15, -0.1) is 21.5 Å². The number of fused-ring (bicyclic) bond motifs is 5. The second-order valence-corrected chi connectivity index (χ2v) is 11.0. The van der Waals surface area contributed by atoms with Gasteiger partial charge in [-0.25, -0.2) is 4.98 Å². The number of aromatic nitrogens is 4. The van der Waals surface area contributed by atoms with E-state index in [0.29, 0.717) is 6.61 Å². The summed E-state index contributed by atoms with van der Waals surface area (Å²) in [6.07, 6.45) is 5.42. The van der Waals surface area contributed by atoms with E-state index in [1.807, 2.05) is 0 Å². The Morgan fingerprint density at radius 3 is 2.47 bits per heavy atom. The molecule has 5 rings (SSSR count). The van der Waals surface area contributed by atoms with E-state index in [-0.39, 0.29) is 5.60 Å². The Bertz CT molecular complexity index is 1150. The van der Waals surface area contributed by atoms with Gasteiger partial charge < -0.3 is 19.3 Å². The number of nitrogens with zero attached hydrogens (tertiary/aromatic N) is 6. The lowest BCUT2D eigenvalue weighted by atomic mass is 9.90. The number of unbranched alkanes of at least 4 members (excludes halogenated alkanes) is 2. The quantitative estimate of drug-likeness (QED) is 0.454. The lowest BCUT2D eigenvalue weighted by Gasteiger charge is -2.36. The van der Waals surface area contributed by atoms with Gasteiger partial charge in [-0.1, -0.05) is 26.7 Å². The molecule has 0 N–H and O–H groups in total. The molecule has 34 heavy (non-hydrogen) atoms. The first-order valence-electron chi connectivity index (χ1n) is 12.7. The number of pyridine rings is 1. The lowest BCUT2D eigenvalue weighted by Crippen LogP contribution is -2.39. The maximum Gasteiger partial charge on any atom is 0.172 e. The number of morpholine rings is 1. The topological polar surface area (TPSA) is 76.5 Å². The fourth-order valence-corrected chi connectivity index (χ4v) is 6.12. The predicted molar refractivity (Wildman–Crippen MR) is 138 cm³/mol. The van der Waals surface area contributed by atoms with Gasteiger partial charge in [0.25, 0.3) is 0 Å². The first-order chi connectivity index (χ1) is 16.5. The highest BCUT2D eigenvalue weighted by Gasteiger charge is 2.33. The smallest absolute Gasteiger partial charge is 0.172 e. The van der Waals surface area contributed by atoms with Crippen molar-refractivity contribution in [2.24, 2.45) is 0 Å². The second kappa shape index (κ2) is 9.87. The largest absolute Gasteiger partial charge is 0.378 e. The summed E-state index contributed by atoms with van der Waals surface area (Å²) in [5.74, 6) is 2.01. The van der Waals surface area contributed by atoms with Crippen LogP contribution in [0.2, 0.25) is 0 Å². The van der Waals surface area contributed by atoms with Gasteiger partial charge in [0.05, 0.1) is 25.4 Å². The van der Waals surface area contributed by atoms with Gasteiger partial charge in [0.1, 0.15) is 20.9 Å². The minimum absolute atomic E-state index is 0.227. The van der Waals surface area contributed by atoms with Crippen LogP contribution in [0.1, 0.15) is 64.5 Å². The average Bonchev–Trinajstić information content (AvgIpc) is 3.23. The monoisotopic (exact) mass is 484 g/mol. The van der Waals surface area contributed by atoms with Crippen LogP contribution < -0.4 is 9.80 Å². The van der Waals surface area contributed by atoms with Crippen molar-refractivity contribution in [2.45, 2.75) is 72.0 Å². The van der Waals surface area contributed by atoms with Crippen molar-refractivity contribution in [2.75, 3.05) is 49.2 Å². The Hall–Kier alpha value is -2.10. The Kier molecular flexibility index (Phi) is 6.86. The zero-order valence-corrected chi connectivity index (χ0v) is 21.7. The minimum atomic E-state index is -0.227. The Labute approximate surface area is 205 Å². The third kappa shape index (κ3) is 4.45. The molecule has 0 saturated carbocycles. The fraction of sp³-hybridized carbons (Fsp3) is 0.680. The summed E-state index contributed by atoms with van der Waals surface area (Å²) >= 11 is 1.72. The summed E-state index contributed by atoms with van der Waals surface area (Å²) in [5.41, 5.74) is 3.23. The first-order valence-corrected chi connectivity index (χ1v) is 13.5. The average molecular weight is 485 g/mol. The van der Waals surface area contributed by atoms with Crippen molar-refractivity contribution < 1.29 is 9.47 Å². The molecule has 0 bridgehead atoms. The highest BCUT2D eigenvalue weighted by atomic mass is 32.1. The van der Waals surface area contributed by atoms with Crippen LogP contribution in [0.15, 0.2) is 0 Å². The molecule has 0 spiro atoms. The van der Waals surface area contributed by atoms with E-state index in [9.17, 15) is 0 Å². The van der Waals surface area contributed by atoms with Crippen molar-refractivity contribution in [3.8, 4) is 0 Å². The second-order valence-electron chi connectivity index (χ2n) is 9.98. The number of anilines is 2. The van der Waals surface area contributed by atoms with E-state index in [1.165, 1.54) is 11.1 Å². The normalized spacial score (nSPS) is 17.9. The molecule has 1 saturated heterocycles. The van der Waals surface area contributed by atoms with Crippen molar-refractivity contribution in [1.29, 1.82) is 0 Å². The number of hydrogen-bond acceptors (Lipinski definition) is 9. The molecule has 3 aromatic heterocycles. The van der Waals surface area contributed by atoms with Crippen LogP contribution in [-0.2, 0) is 22.5 Å². The zero-order valence-electron chi connectivity index (χ0n) is 20.9. The molecule has 0 amide bonds. The van der Waals surface area contributed by atoms with E-state index in [2.05, 4.69) is 52.9 Å². The molecule has 2 aliphatic rings. The van der Waals surface area contributed by atoms with E-state index in [4.69, 9.17) is 14.5 Å². The molecule has 3 aromatic rings. The third-order valence-corrected chi connectivity index (χ3v) is 7.95. The van der Waals surface area contributed by atoms with Crippen LogP contribution in [0, 0.1) is 0 Å². The summed E-state index contributed by atoms with van der Waals surface area (Å²) in [5, 5.41) is 14.5. The Morgan fingerprint density at radius 2 is 1.76 bits per heavy atom. The van der Waals surface area contributed by atoms with Gasteiger partial charge >= 0.3 is 0 Å². The van der Waals surface area contributed by atoms with Gasteiger partial charge in [0.2, 0.25) is 0 Å². The molecule has 9 heteroatoms. The van der Waals surface area contributed by atoms with Crippen LogP contribution in [0.3, 0.4) is 0 Å².